The quantitative estimate of drug-likeness (QED) is 0.494. The summed E-state index contributed by atoms with van der Waals surface area (Å²) in [5, 5.41) is 0.602. The minimum absolute atomic E-state index is 0.0750. The average Bonchev–Trinajstić information content (AvgIpc) is 2.54. The van der Waals surface area contributed by atoms with Gasteiger partial charge < -0.3 is 10.5 Å². The summed E-state index contributed by atoms with van der Waals surface area (Å²) >= 11 is 1.53. The molecule has 0 aliphatic rings. The zero-order valence-electron chi connectivity index (χ0n) is 13.0. The van der Waals surface area contributed by atoms with Gasteiger partial charge in [-0.2, -0.15) is 0 Å². The molecule has 0 spiro atoms. The lowest BCUT2D eigenvalue weighted by Gasteiger charge is -2.10. The van der Waals surface area contributed by atoms with Crippen LogP contribution < -0.4 is 10.5 Å². The standard InChI is InChI=1S/C18H22N2OS/c1-14-8-6-7-11-17(14)21-12-13-22-18(19)20-15(2)16-9-4-3-5-10-16/h3-11,15H,12-13H2,1-2H3,(H2,19,20)/t15-/m0/s1. The Hall–Kier alpha value is -1.94. The molecule has 116 valence electrons. The van der Waals surface area contributed by atoms with E-state index in [9.17, 15) is 0 Å². The number of aliphatic imine (C=N–C) groups is 1. The van der Waals surface area contributed by atoms with E-state index in [-0.39, 0.29) is 6.04 Å². The maximum atomic E-state index is 5.98. The molecule has 0 aromatic heterocycles. The molecule has 0 amide bonds. The van der Waals surface area contributed by atoms with Gasteiger partial charge in [0, 0.05) is 5.75 Å². The van der Waals surface area contributed by atoms with E-state index >= 15 is 0 Å². The van der Waals surface area contributed by atoms with Gasteiger partial charge in [-0.05, 0) is 31.0 Å². The Morgan fingerprint density at radius 2 is 1.82 bits per heavy atom. The second-order valence-corrected chi connectivity index (χ2v) is 6.13. The number of hydrogen-bond acceptors (Lipinski definition) is 3. The predicted octanol–water partition coefficient (Wildman–Crippen LogP) is 4.18. The molecule has 2 aromatic carbocycles. The molecule has 3 nitrogen and oxygen atoms in total. The Morgan fingerprint density at radius 3 is 2.55 bits per heavy atom. The molecule has 22 heavy (non-hydrogen) atoms. The molecule has 0 heterocycles. The minimum atomic E-state index is 0.0750. The number of nitrogens with two attached hydrogens (primary N) is 1. The third-order valence-electron chi connectivity index (χ3n) is 3.29. The second kappa shape index (κ2) is 8.49. The van der Waals surface area contributed by atoms with Crippen molar-refractivity contribution >= 4 is 16.9 Å². The fourth-order valence-corrected chi connectivity index (χ4v) is 2.66. The van der Waals surface area contributed by atoms with Gasteiger partial charge in [0.1, 0.15) is 5.75 Å². The first-order chi connectivity index (χ1) is 10.7. The first-order valence-electron chi connectivity index (χ1n) is 7.36. The lowest BCUT2D eigenvalue weighted by molar-refractivity contribution is 0.342. The van der Waals surface area contributed by atoms with E-state index < -0.39 is 0 Å². The molecule has 0 saturated carbocycles. The van der Waals surface area contributed by atoms with Crippen LogP contribution in [0.15, 0.2) is 59.6 Å². The van der Waals surface area contributed by atoms with Gasteiger partial charge in [-0.25, -0.2) is 0 Å². The van der Waals surface area contributed by atoms with E-state index in [0.717, 1.165) is 17.1 Å². The van der Waals surface area contributed by atoms with Crippen LogP contribution in [0.1, 0.15) is 24.1 Å². The molecular formula is C18H22N2OS. The van der Waals surface area contributed by atoms with Gasteiger partial charge in [0.25, 0.3) is 0 Å². The first-order valence-corrected chi connectivity index (χ1v) is 8.35. The fraction of sp³-hybridized carbons (Fsp3) is 0.278. The molecule has 0 saturated heterocycles. The maximum absolute atomic E-state index is 5.98. The van der Waals surface area contributed by atoms with E-state index in [1.165, 1.54) is 17.3 Å². The van der Waals surface area contributed by atoms with Crippen LogP contribution >= 0.6 is 11.8 Å². The van der Waals surface area contributed by atoms with Crippen LogP contribution in [0.2, 0.25) is 0 Å². The molecule has 0 aliphatic carbocycles. The fourth-order valence-electron chi connectivity index (χ4n) is 2.05. The Kier molecular flexibility index (Phi) is 6.34. The largest absolute Gasteiger partial charge is 0.492 e. The number of amidine groups is 1. The number of rotatable bonds is 6. The van der Waals surface area contributed by atoms with Gasteiger partial charge in [-0.1, -0.05) is 60.3 Å². The summed E-state index contributed by atoms with van der Waals surface area (Å²) in [7, 11) is 0. The van der Waals surface area contributed by atoms with Crippen molar-refractivity contribution < 1.29 is 4.74 Å². The summed E-state index contributed by atoms with van der Waals surface area (Å²) in [6.45, 7) is 4.71. The summed E-state index contributed by atoms with van der Waals surface area (Å²) in [6.07, 6.45) is 0. The molecule has 0 unspecified atom stereocenters. The monoisotopic (exact) mass is 314 g/mol. The molecule has 0 fully saturated rings. The lowest BCUT2D eigenvalue weighted by Crippen LogP contribution is -2.12. The minimum Gasteiger partial charge on any atom is -0.492 e. The van der Waals surface area contributed by atoms with Crippen molar-refractivity contribution in [3.63, 3.8) is 0 Å². The van der Waals surface area contributed by atoms with Gasteiger partial charge in [0.15, 0.2) is 5.17 Å². The van der Waals surface area contributed by atoms with Gasteiger partial charge >= 0.3 is 0 Å². The molecule has 0 radical (unpaired) electrons. The summed E-state index contributed by atoms with van der Waals surface area (Å²) in [5.74, 6) is 1.71. The van der Waals surface area contributed by atoms with Crippen LogP contribution in [-0.2, 0) is 0 Å². The zero-order valence-corrected chi connectivity index (χ0v) is 13.8. The first kappa shape index (κ1) is 16.4. The Balaban J connectivity index is 1.77. The highest BCUT2D eigenvalue weighted by molar-refractivity contribution is 8.13. The van der Waals surface area contributed by atoms with E-state index in [1.54, 1.807) is 0 Å². The number of nitrogens with zero attached hydrogens (tertiary/aromatic N) is 1. The normalized spacial score (nSPS) is 12.9. The van der Waals surface area contributed by atoms with Gasteiger partial charge in [-0.3, -0.25) is 4.99 Å². The summed E-state index contributed by atoms with van der Waals surface area (Å²) in [4.78, 5) is 4.51. The predicted molar refractivity (Wildman–Crippen MR) is 95.6 cm³/mol. The van der Waals surface area contributed by atoms with Crippen LogP contribution in [0.5, 0.6) is 5.75 Å². The summed E-state index contributed by atoms with van der Waals surface area (Å²) < 4.78 is 5.75. The highest BCUT2D eigenvalue weighted by atomic mass is 32.2. The van der Waals surface area contributed by atoms with Crippen molar-refractivity contribution in [1.29, 1.82) is 0 Å². The topological polar surface area (TPSA) is 47.6 Å². The molecule has 2 N–H and O–H groups in total. The number of thioether (sulfide) groups is 1. The van der Waals surface area contributed by atoms with E-state index in [0.29, 0.717) is 11.8 Å². The third-order valence-corrected chi connectivity index (χ3v) is 4.06. The van der Waals surface area contributed by atoms with Crippen molar-refractivity contribution in [3.8, 4) is 5.75 Å². The van der Waals surface area contributed by atoms with Crippen molar-refractivity contribution in [2.75, 3.05) is 12.4 Å². The molecule has 0 bridgehead atoms. The summed E-state index contributed by atoms with van der Waals surface area (Å²) in [6, 6.07) is 18.2. The highest BCUT2D eigenvalue weighted by Gasteiger charge is 2.04. The summed E-state index contributed by atoms with van der Waals surface area (Å²) in [5.41, 5.74) is 8.29. The molecule has 1 atom stereocenters. The van der Waals surface area contributed by atoms with Gasteiger partial charge in [-0.15, -0.1) is 0 Å². The van der Waals surface area contributed by atoms with E-state index in [1.807, 2.05) is 56.3 Å². The Labute approximate surface area is 136 Å². The van der Waals surface area contributed by atoms with Crippen LogP contribution in [0.3, 0.4) is 0 Å². The SMILES string of the molecule is Cc1ccccc1OCCSC(N)=N[C@@H](C)c1ccccc1. The van der Waals surface area contributed by atoms with Crippen LogP contribution in [0, 0.1) is 6.92 Å². The number of aryl methyl sites for hydroxylation is 1. The smallest absolute Gasteiger partial charge is 0.154 e. The second-order valence-electron chi connectivity index (χ2n) is 5.02. The third kappa shape index (κ3) is 5.11. The van der Waals surface area contributed by atoms with Gasteiger partial charge in [0.2, 0.25) is 0 Å². The zero-order chi connectivity index (χ0) is 15.8. The molecule has 0 aliphatic heterocycles. The Morgan fingerprint density at radius 1 is 1.14 bits per heavy atom. The number of hydrogen-bond donors (Lipinski definition) is 1. The molecule has 2 rings (SSSR count). The lowest BCUT2D eigenvalue weighted by atomic mass is 10.1. The van der Waals surface area contributed by atoms with Crippen LogP contribution in [0.4, 0.5) is 0 Å². The van der Waals surface area contributed by atoms with Crippen molar-refractivity contribution in [2.24, 2.45) is 10.7 Å². The number of ether oxygens (including phenoxy) is 1. The molecule has 2 aromatic rings. The van der Waals surface area contributed by atoms with Crippen molar-refractivity contribution in [2.45, 2.75) is 19.9 Å². The highest BCUT2D eigenvalue weighted by Crippen LogP contribution is 2.18. The number of benzene rings is 2. The number of para-hydroxylation sites is 1. The van der Waals surface area contributed by atoms with Gasteiger partial charge in [0.05, 0.1) is 12.6 Å². The molecular weight excluding hydrogens is 292 g/mol. The van der Waals surface area contributed by atoms with E-state index in [2.05, 4.69) is 17.1 Å². The van der Waals surface area contributed by atoms with E-state index in [4.69, 9.17) is 10.5 Å². The van der Waals surface area contributed by atoms with Crippen molar-refractivity contribution in [3.05, 3.63) is 65.7 Å². The van der Waals surface area contributed by atoms with Crippen LogP contribution in [0.25, 0.3) is 0 Å². The molecule has 4 heteroatoms. The Bertz CT molecular complexity index is 613. The average molecular weight is 314 g/mol. The maximum Gasteiger partial charge on any atom is 0.154 e. The van der Waals surface area contributed by atoms with Crippen molar-refractivity contribution in [1.82, 2.24) is 0 Å². The van der Waals surface area contributed by atoms with Crippen LogP contribution in [-0.4, -0.2) is 17.5 Å².